The lowest BCUT2D eigenvalue weighted by molar-refractivity contribution is -0.119. The van der Waals surface area contributed by atoms with Crippen molar-refractivity contribution in [3.63, 3.8) is 0 Å². The number of hydrazone groups is 1. The highest BCUT2D eigenvalue weighted by atomic mass is 127. The molecule has 0 aliphatic carbocycles. The van der Waals surface area contributed by atoms with Crippen molar-refractivity contribution in [3.05, 3.63) is 98.0 Å². The largest absolute Gasteiger partial charge is 0.493 e. The van der Waals surface area contributed by atoms with Crippen molar-refractivity contribution >= 4 is 67.1 Å². The Kier molecular flexibility index (Phi) is 8.59. The first-order valence-electron chi connectivity index (χ1n) is 10.8. The molecular weight excluding hydrogens is 621 g/mol. The van der Waals surface area contributed by atoms with E-state index in [1.807, 2.05) is 54.6 Å². The lowest BCUT2D eigenvalue weighted by Crippen LogP contribution is -2.25. The minimum Gasteiger partial charge on any atom is -0.493 e. The van der Waals surface area contributed by atoms with Crippen LogP contribution in [0.15, 0.2) is 88.4 Å². The quantitative estimate of drug-likeness (QED) is 0.127. The van der Waals surface area contributed by atoms with Gasteiger partial charge < -0.3 is 14.8 Å². The van der Waals surface area contributed by atoms with E-state index < -0.39 is 0 Å². The van der Waals surface area contributed by atoms with Crippen LogP contribution in [0.5, 0.6) is 11.5 Å². The third-order valence-electron chi connectivity index (χ3n) is 5.20. The molecule has 6 nitrogen and oxygen atoms in total. The highest BCUT2D eigenvalue weighted by Gasteiger charge is 2.12. The zero-order chi connectivity index (χ0) is 24.6. The van der Waals surface area contributed by atoms with E-state index in [1.54, 1.807) is 13.3 Å². The molecule has 4 rings (SSSR count). The molecule has 0 aliphatic heterocycles. The molecule has 178 valence electrons. The Morgan fingerprint density at radius 3 is 2.63 bits per heavy atom. The third-order valence-corrected chi connectivity index (χ3v) is 6.53. The van der Waals surface area contributed by atoms with Crippen molar-refractivity contribution < 1.29 is 14.3 Å². The third kappa shape index (κ3) is 6.73. The average molecular weight is 644 g/mol. The molecule has 0 atom stereocenters. The highest BCUT2D eigenvalue weighted by Crippen LogP contribution is 2.34. The van der Waals surface area contributed by atoms with Gasteiger partial charge in [-0.25, -0.2) is 5.43 Å². The van der Waals surface area contributed by atoms with Gasteiger partial charge in [0, 0.05) is 10.2 Å². The Morgan fingerprint density at radius 1 is 1.06 bits per heavy atom. The van der Waals surface area contributed by atoms with Crippen LogP contribution in [0, 0.1) is 3.57 Å². The maximum atomic E-state index is 12.1. The van der Waals surface area contributed by atoms with E-state index in [-0.39, 0.29) is 12.5 Å². The molecule has 0 aromatic heterocycles. The van der Waals surface area contributed by atoms with Gasteiger partial charge in [0.05, 0.1) is 23.4 Å². The van der Waals surface area contributed by atoms with E-state index in [1.165, 1.54) is 5.39 Å². The van der Waals surface area contributed by atoms with Gasteiger partial charge in [0.15, 0.2) is 11.5 Å². The first kappa shape index (κ1) is 25.0. The van der Waals surface area contributed by atoms with Gasteiger partial charge in [0.2, 0.25) is 0 Å². The number of carbonyl (C=O) groups is 1. The molecule has 1 amide bonds. The van der Waals surface area contributed by atoms with Crippen molar-refractivity contribution in [2.24, 2.45) is 5.10 Å². The molecule has 0 saturated carbocycles. The fourth-order valence-corrected chi connectivity index (χ4v) is 4.54. The molecule has 0 radical (unpaired) electrons. The summed E-state index contributed by atoms with van der Waals surface area (Å²) in [5.41, 5.74) is 5.27. The lowest BCUT2D eigenvalue weighted by Gasteiger charge is -2.14. The van der Waals surface area contributed by atoms with Crippen LogP contribution in [0.25, 0.3) is 10.8 Å². The van der Waals surface area contributed by atoms with Gasteiger partial charge in [-0.05, 0) is 80.9 Å². The number of amides is 1. The normalized spacial score (nSPS) is 10.9. The number of methoxy groups -OCH3 is 1. The highest BCUT2D eigenvalue weighted by molar-refractivity contribution is 14.1. The Labute approximate surface area is 226 Å². The first-order valence-corrected chi connectivity index (χ1v) is 12.7. The molecule has 0 saturated heterocycles. The van der Waals surface area contributed by atoms with Crippen LogP contribution in [0.3, 0.4) is 0 Å². The predicted molar refractivity (Wildman–Crippen MR) is 152 cm³/mol. The number of fused-ring (bicyclic) bond motifs is 1. The van der Waals surface area contributed by atoms with E-state index in [2.05, 4.69) is 78.6 Å². The number of anilines is 1. The van der Waals surface area contributed by atoms with E-state index in [4.69, 9.17) is 9.47 Å². The molecule has 4 aromatic rings. The molecule has 4 aromatic carbocycles. The monoisotopic (exact) mass is 643 g/mol. The summed E-state index contributed by atoms with van der Waals surface area (Å²) in [7, 11) is 1.60. The van der Waals surface area contributed by atoms with E-state index in [0.29, 0.717) is 18.1 Å². The van der Waals surface area contributed by atoms with Crippen molar-refractivity contribution in [1.29, 1.82) is 0 Å². The van der Waals surface area contributed by atoms with Gasteiger partial charge in [-0.15, -0.1) is 0 Å². The van der Waals surface area contributed by atoms with E-state index >= 15 is 0 Å². The van der Waals surface area contributed by atoms with Crippen LogP contribution >= 0.6 is 38.5 Å². The molecule has 0 spiro atoms. The zero-order valence-corrected chi connectivity index (χ0v) is 22.7. The first-order chi connectivity index (χ1) is 17.0. The molecule has 35 heavy (non-hydrogen) atoms. The summed E-state index contributed by atoms with van der Waals surface area (Å²) in [4.78, 5) is 12.1. The van der Waals surface area contributed by atoms with Crippen molar-refractivity contribution in [2.45, 2.75) is 6.61 Å². The predicted octanol–water partition coefficient (Wildman–Crippen LogP) is 6.36. The van der Waals surface area contributed by atoms with E-state index in [9.17, 15) is 4.79 Å². The molecule has 2 N–H and O–H groups in total. The fraction of sp³-hybridized carbons (Fsp3) is 0.111. The minimum absolute atomic E-state index is 0.112. The minimum atomic E-state index is -0.249. The van der Waals surface area contributed by atoms with Crippen LogP contribution in [0.1, 0.15) is 11.1 Å². The Hall–Kier alpha value is -3.11. The lowest BCUT2D eigenvalue weighted by atomic mass is 10.1. The smallest absolute Gasteiger partial charge is 0.259 e. The standard InChI is InChI=1S/C27H23BrIN3O3/c1-34-25-14-18(15-31-32-26(33)16-30-22-11-9-21(28)10-12-22)13-24(29)27(25)35-17-20-7-4-6-19-5-2-3-8-23(19)20/h2-15,30H,16-17H2,1H3,(H,32,33)/b31-15-. The number of halogens is 2. The Balaban J connectivity index is 1.38. The molecule has 0 heterocycles. The van der Waals surface area contributed by atoms with Crippen LogP contribution in [-0.4, -0.2) is 25.8 Å². The van der Waals surface area contributed by atoms with Gasteiger partial charge in [-0.1, -0.05) is 58.4 Å². The summed E-state index contributed by atoms with van der Waals surface area (Å²) in [6, 6.07) is 25.8. The van der Waals surface area contributed by atoms with Gasteiger partial charge in [-0.2, -0.15) is 5.10 Å². The van der Waals surface area contributed by atoms with Crippen LogP contribution < -0.4 is 20.2 Å². The maximum Gasteiger partial charge on any atom is 0.259 e. The Morgan fingerprint density at radius 2 is 1.83 bits per heavy atom. The molecule has 0 aliphatic rings. The number of hydrogen-bond donors (Lipinski definition) is 2. The second-order valence-corrected chi connectivity index (χ2v) is 9.69. The zero-order valence-electron chi connectivity index (χ0n) is 18.9. The fourth-order valence-electron chi connectivity index (χ4n) is 3.49. The number of nitrogens with one attached hydrogen (secondary N) is 2. The second-order valence-electron chi connectivity index (χ2n) is 7.61. The van der Waals surface area contributed by atoms with Crippen LogP contribution in [-0.2, 0) is 11.4 Å². The molecule has 0 fully saturated rings. The van der Waals surface area contributed by atoms with Gasteiger partial charge in [-0.3, -0.25) is 4.79 Å². The number of rotatable bonds is 9. The molecule has 8 heteroatoms. The van der Waals surface area contributed by atoms with Crippen LogP contribution in [0.4, 0.5) is 5.69 Å². The second kappa shape index (κ2) is 12.0. The maximum absolute atomic E-state index is 12.1. The molecule has 0 bridgehead atoms. The SMILES string of the molecule is COc1cc(/C=N\NC(=O)CNc2ccc(Br)cc2)cc(I)c1OCc1cccc2ccccc12. The Bertz CT molecular complexity index is 1350. The molecule has 0 unspecified atom stereocenters. The summed E-state index contributed by atoms with van der Waals surface area (Å²) in [6.07, 6.45) is 1.58. The van der Waals surface area contributed by atoms with Gasteiger partial charge >= 0.3 is 0 Å². The number of carbonyl (C=O) groups excluding carboxylic acids is 1. The summed E-state index contributed by atoms with van der Waals surface area (Å²) >= 11 is 5.60. The number of benzene rings is 4. The number of nitrogens with zero attached hydrogens (tertiary/aromatic N) is 1. The van der Waals surface area contributed by atoms with Gasteiger partial charge in [0.1, 0.15) is 6.61 Å². The van der Waals surface area contributed by atoms with Crippen molar-refractivity contribution in [1.82, 2.24) is 5.43 Å². The van der Waals surface area contributed by atoms with E-state index in [0.717, 1.165) is 30.2 Å². The number of hydrogen-bond acceptors (Lipinski definition) is 5. The van der Waals surface area contributed by atoms with Crippen molar-refractivity contribution in [3.8, 4) is 11.5 Å². The summed E-state index contributed by atoms with van der Waals surface area (Å²) in [5.74, 6) is 1.02. The number of ether oxygens (including phenoxy) is 2. The van der Waals surface area contributed by atoms with Crippen molar-refractivity contribution in [2.75, 3.05) is 19.0 Å². The summed E-state index contributed by atoms with van der Waals surface area (Å²) in [5, 5.41) is 9.46. The topological polar surface area (TPSA) is 72.0 Å². The summed E-state index contributed by atoms with van der Waals surface area (Å²) in [6.45, 7) is 0.531. The van der Waals surface area contributed by atoms with Gasteiger partial charge in [0.25, 0.3) is 5.91 Å². The van der Waals surface area contributed by atoms with Crippen LogP contribution in [0.2, 0.25) is 0 Å². The summed E-state index contributed by atoms with van der Waals surface area (Å²) < 4.78 is 13.6. The molecular formula is C27H23BrIN3O3. The average Bonchev–Trinajstić information content (AvgIpc) is 2.87.